The molecule has 2 aromatic heterocycles. The summed E-state index contributed by atoms with van der Waals surface area (Å²) in [7, 11) is 0. The van der Waals surface area contributed by atoms with Gasteiger partial charge >= 0.3 is 0 Å². The van der Waals surface area contributed by atoms with E-state index in [1.54, 1.807) is 12.1 Å². The maximum atomic E-state index is 12.1. The van der Waals surface area contributed by atoms with Crippen molar-refractivity contribution in [3.63, 3.8) is 0 Å². The predicted octanol–water partition coefficient (Wildman–Crippen LogP) is 0.956. The van der Waals surface area contributed by atoms with Gasteiger partial charge in [0, 0.05) is 5.75 Å². The van der Waals surface area contributed by atoms with Gasteiger partial charge in [0.15, 0.2) is 11.6 Å². The number of rotatable bonds is 4. The summed E-state index contributed by atoms with van der Waals surface area (Å²) in [5, 5.41) is 9.19. The molecule has 1 aliphatic rings. The van der Waals surface area contributed by atoms with Gasteiger partial charge in [-0.15, -0.1) is 11.8 Å². The van der Waals surface area contributed by atoms with Crippen molar-refractivity contribution in [2.75, 3.05) is 5.75 Å². The van der Waals surface area contributed by atoms with Crippen LogP contribution in [0.15, 0.2) is 27.3 Å². The van der Waals surface area contributed by atoms with Gasteiger partial charge in [0.2, 0.25) is 11.8 Å². The Bertz CT molecular complexity index is 710. The minimum Gasteiger partial charge on any atom is -0.459 e. The van der Waals surface area contributed by atoms with Crippen LogP contribution in [0.5, 0.6) is 0 Å². The molecule has 0 radical (unpaired) electrons. The highest BCUT2D eigenvalue weighted by molar-refractivity contribution is 8.01. The fraction of sp³-hybridized carbons (Fsp3) is 0.429. The largest absolute Gasteiger partial charge is 0.459 e. The van der Waals surface area contributed by atoms with Crippen molar-refractivity contribution >= 4 is 23.6 Å². The Hall–Kier alpha value is -2.29. The standard InChI is InChI=1S/C14H16N4O4S/c1-14(2)13(20)16-8(7-23-14)11(19)15-6-10-17-12(22-18-10)9-4-3-5-21-9/h3-5,8H,6-7H2,1-2H3,(H,15,19)(H,16,20)/t8-/m1/s1. The maximum Gasteiger partial charge on any atom is 0.293 e. The summed E-state index contributed by atoms with van der Waals surface area (Å²) >= 11 is 1.45. The highest BCUT2D eigenvalue weighted by Gasteiger charge is 2.37. The summed E-state index contributed by atoms with van der Waals surface area (Å²) in [6.07, 6.45) is 1.51. The Morgan fingerprint density at radius 2 is 2.39 bits per heavy atom. The van der Waals surface area contributed by atoms with Crippen LogP contribution < -0.4 is 10.6 Å². The molecule has 2 N–H and O–H groups in total. The molecule has 122 valence electrons. The van der Waals surface area contributed by atoms with Crippen molar-refractivity contribution in [2.45, 2.75) is 31.2 Å². The molecule has 3 heterocycles. The SMILES string of the molecule is CC1(C)SC[C@H](C(=O)NCc2noc(-c3ccco3)n2)NC1=O. The smallest absolute Gasteiger partial charge is 0.293 e. The third-order valence-electron chi connectivity index (χ3n) is 3.40. The Labute approximate surface area is 136 Å². The Morgan fingerprint density at radius 1 is 1.57 bits per heavy atom. The number of hydrogen-bond acceptors (Lipinski definition) is 7. The second-order valence-corrected chi connectivity index (χ2v) is 7.20. The molecule has 1 aliphatic heterocycles. The van der Waals surface area contributed by atoms with Gasteiger partial charge in [0.05, 0.1) is 17.6 Å². The van der Waals surface area contributed by atoms with Crippen molar-refractivity contribution in [1.82, 2.24) is 20.8 Å². The maximum absolute atomic E-state index is 12.1. The quantitative estimate of drug-likeness (QED) is 0.855. The van der Waals surface area contributed by atoms with Gasteiger partial charge in [0.1, 0.15) is 6.04 Å². The molecular formula is C14H16N4O4S. The molecule has 0 spiro atoms. The van der Waals surface area contributed by atoms with Gasteiger partial charge in [-0.2, -0.15) is 4.98 Å². The van der Waals surface area contributed by atoms with E-state index in [1.807, 2.05) is 13.8 Å². The van der Waals surface area contributed by atoms with Gasteiger partial charge in [0.25, 0.3) is 5.89 Å². The number of thioether (sulfide) groups is 1. The van der Waals surface area contributed by atoms with Crippen LogP contribution in [0.2, 0.25) is 0 Å². The third kappa shape index (κ3) is 3.39. The fourth-order valence-electron chi connectivity index (χ4n) is 1.99. The van der Waals surface area contributed by atoms with E-state index in [4.69, 9.17) is 8.94 Å². The molecule has 3 rings (SSSR count). The molecule has 23 heavy (non-hydrogen) atoms. The van der Waals surface area contributed by atoms with Crippen LogP contribution in [-0.4, -0.2) is 38.5 Å². The highest BCUT2D eigenvalue weighted by atomic mass is 32.2. The van der Waals surface area contributed by atoms with E-state index in [9.17, 15) is 9.59 Å². The van der Waals surface area contributed by atoms with E-state index in [-0.39, 0.29) is 24.2 Å². The number of furan rings is 1. The molecule has 1 fully saturated rings. The van der Waals surface area contributed by atoms with Crippen LogP contribution in [0.4, 0.5) is 0 Å². The molecule has 0 unspecified atom stereocenters. The average molecular weight is 336 g/mol. The van der Waals surface area contributed by atoms with Crippen LogP contribution in [-0.2, 0) is 16.1 Å². The third-order valence-corrected chi connectivity index (χ3v) is 4.81. The first kappa shape index (κ1) is 15.6. The topological polar surface area (TPSA) is 110 Å². The molecule has 2 amide bonds. The van der Waals surface area contributed by atoms with Gasteiger partial charge in [-0.25, -0.2) is 0 Å². The van der Waals surface area contributed by atoms with Crippen molar-refractivity contribution in [2.24, 2.45) is 0 Å². The second-order valence-electron chi connectivity index (χ2n) is 5.56. The first-order valence-electron chi connectivity index (χ1n) is 7.05. The van der Waals surface area contributed by atoms with Crippen molar-refractivity contribution in [1.29, 1.82) is 0 Å². The van der Waals surface area contributed by atoms with E-state index < -0.39 is 10.8 Å². The normalized spacial score (nSPS) is 20.1. The van der Waals surface area contributed by atoms with Gasteiger partial charge in [-0.1, -0.05) is 5.16 Å². The van der Waals surface area contributed by atoms with Crippen molar-refractivity contribution in [3.05, 3.63) is 24.2 Å². The molecule has 0 aromatic carbocycles. The molecule has 0 aliphatic carbocycles. The number of aromatic nitrogens is 2. The number of nitrogens with zero attached hydrogens (tertiary/aromatic N) is 2. The number of nitrogens with one attached hydrogen (secondary N) is 2. The number of carbonyl (C=O) groups is 2. The molecule has 1 atom stereocenters. The highest BCUT2D eigenvalue weighted by Crippen LogP contribution is 2.29. The summed E-state index contributed by atoms with van der Waals surface area (Å²) in [6, 6.07) is 2.86. The lowest BCUT2D eigenvalue weighted by Gasteiger charge is -2.32. The molecule has 1 saturated heterocycles. The number of hydrogen-bond donors (Lipinski definition) is 2. The summed E-state index contributed by atoms with van der Waals surface area (Å²) in [5.74, 6) is 1.16. The van der Waals surface area contributed by atoms with E-state index in [2.05, 4.69) is 20.8 Å². The zero-order chi connectivity index (χ0) is 16.4. The van der Waals surface area contributed by atoms with E-state index in [0.717, 1.165) is 0 Å². The monoisotopic (exact) mass is 336 g/mol. The van der Waals surface area contributed by atoms with E-state index in [0.29, 0.717) is 17.3 Å². The Kier molecular flexibility index (Phi) is 4.12. The van der Waals surface area contributed by atoms with Crippen LogP contribution in [0.25, 0.3) is 11.7 Å². The van der Waals surface area contributed by atoms with Crippen LogP contribution in [0.3, 0.4) is 0 Å². The number of amides is 2. The number of carbonyl (C=O) groups excluding carboxylic acids is 2. The van der Waals surface area contributed by atoms with Gasteiger partial charge in [-0.05, 0) is 26.0 Å². The predicted molar refractivity (Wildman–Crippen MR) is 82.3 cm³/mol. The Balaban J connectivity index is 1.55. The summed E-state index contributed by atoms with van der Waals surface area (Å²) in [4.78, 5) is 28.1. The summed E-state index contributed by atoms with van der Waals surface area (Å²) in [6.45, 7) is 3.77. The van der Waals surface area contributed by atoms with E-state index in [1.165, 1.54) is 18.0 Å². The zero-order valence-corrected chi connectivity index (χ0v) is 13.5. The first-order chi connectivity index (χ1) is 11.0. The molecule has 9 heteroatoms. The van der Waals surface area contributed by atoms with Gasteiger partial charge in [-0.3, -0.25) is 9.59 Å². The minimum absolute atomic E-state index is 0.115. The summed E-state index contributed by atoms with van der Waals surface area (Å²) in [5.41, 5.74) is 0. The molecule has 0 saturated carbocycles. The fourth-order valence-corrected chi connectivity index (χ4v) is 3.00. The van der Waals surface area contributed by atoms with Crippen LogP contribution in [0, 0.1) is 0 Å². The first-order valence-corrected chi connectivity index (χ1v) is 8.03. The van der Waals surface area contributed by atoms with Crippen molar-refractivity contribution < 1.29 is 18.5 Å². The summed E-state index contributed by atoms with van der Waals surface area (Å²) < 4.78 is 9.69. The van der Waals surface area contributed by atoms with E-state index >= 15 is 0 Å². The molecular weight excluding hydrogens is 320 g/mol. The van der Waals surface area contributed by atoms with Crippen LogP contribution >= 0.6 is 11.8 Å². The average Bonchev–Trinajstić information content (AvgIpc) is 3.18. The zero-order valence-electron chi connectivity index (χ0n) is 12.7. The Morgan fingerprint density at radius 3 is 3.09 bits per heavy atom. The molecule has 0 bridgehead atoms. The van der Waals surface area contributed by atoms with Crippen LogP contribution in [0.1, 0.15) is 19.7 Å². The lowest BCUT2D eigenvalue weighted by molar-refractivity contribution is -0.129. The lowest BCUT2D eigenvalue weighted by atomic mass is 10.1. The second kappa shape index (κ2) is 6.07. The molecule has 2 aromatic rings. The minimum atomic E-state index is -0.558. The van der Waals surface area contributed by atoms with Gasteiger partial charge < -0.3 is 19.6 Å². The molecule has 8 nitrogen and oxygen atoms in total. The lowest BCUT2D eigenvalue weighted by Crippen LogP contribution is -2.57. The van der Waals surface area contributed by atoms with Crippen molar-refractivity contribution in [3.8, 4) is 11.7 Å².